The lowest BCUT2D eigenvalue weighted by atomic mass is 10.0. The first-order valence-electron chi connectivity index (χ1n) is 7.26. The molecule has 0 unspecified atom stereocenters. The van der Waals surface area contributed by atoms with Crippen molar-refractivity contribution in [3.05, 3.63) is 83.2 Å². The molecule has 3 aromatic rings. The molecular weight excluding hydrogens is 299 g/mol. The van der Waals surface area contributed by atoms with Gasteiger partial charge in [-0.3, -0.25) is 0 Å². The molecule has 4 heteroatoms. The fraction of sp³-hybridized carbons (Fsp3) is 0.0526. The first-order valence-corrected chi connectivity index (χ1v) is 7.26. The van der Waals surface area contributed by atoms with E-state index < -0.39 is 17.5 Å². The highest BCUT2D eigenvalue weighted by molar-refractivity contribution is 5.84. The molecule has 1 N–H and O–H groups in total. The SMILES string of the molecule is Fc1c(F)c(Nc2ccccc2)c2c(c1F)-c1ccccc1C2. The molecule has 0 spiro atoms. The van der Waals surface area contributed by atoms with Crippen LogP contribution in [0.2, 0.25) is 0 Å². The molecule has 0 heterocycles. The van der Waals surface area contributed by atoms with Crippen molar-refractivity contribution < 1.29 is 13.2 Å². The lowest BCUT2D eigenvalue weighted by Gasteiger charge is -2.14. The van der Waals surface area contributed by atoms with Crippen LogP contribution in [0.4, 0.5) is 24.5 Å². The summed E-state index contributed by atoms with van der Waals surface area (Å²) < 4.78 is 42.7. The molecule has 0 atom stereocenters. The minimum absolute atomic E-state index is 0.00120. The molecule has 0 aromatic heterocycles. The Morgan fingerprint density at radius 3 is 2.22 bits per heavy atom. The van der Waals surface area contributed by atoms with Crippen molar-refractivity contribution in [2.75, 3.05) is 5.32 Å². The van der Waals surface area contributed by atoms with Gasteiger partial charge in [0.2, 0.25) is 0 Å². The zero-order valence-corrected chi connectivity index (χ0v) is 12.0. The van der Waals surface area contributed by atoms with Gasteiger partial charge in [0.05, 0.1) is 5.69 Å². The predicted octanol–water partition coefficient (Wildman–Crippen LogP) is 5.42. The maximum atomic E-state index is 14.3. The van der Waals surface area contributed by atoms with Crippen LogP contribution in [0.1, 0.15) is 11.1 Å². The molecule has 0 saturated carbocycles. The van der Waals surface area contributed by atoms with Crippen molar-refractivity contribution in [2.24, 2.45) is 0 Å². The number of para-hydroxylation sites is 1. The van der Waals surface area contributed by atoms with Crippen molar-refractivity contribution in [3.8, 4) is 11.1 Å². The summed E-state index contributed by atoms with van der Waals surface area (Å²) in [5.74, 6) is -3.75. The number of rotatable bonds is 2. The van der Waals surface area contributed by atoms with Crippen molar-refractivity contribution in [2.45, 2.75) is 6.42 Å². The van der Waals surface area contributed by atoms with Gasteiger partial charge < -0.3 is 5.32 Å². The number of nitrogens with one attached hydrogen (secondary N) is 1. The number of hydrogen-bond donors (Lipinski definition) is 1. The average Bonchev–Trinajstić information content (AvgIpc) is 2.97. The Balaban J connectivity index is 1.93. The number of benzene rings is 3. The lowest BCUT2D eigenvalue weighted by molar-refractivity contribution is 0.450. The summed E-state index contributed by atoms with van der Waals surface area (Å²) in [5, 5.41) is 2.89. The van der Waals surface area contributed by atoms with Crippen molar-refractivity contribution in [3.63, 3.8) is 0 Å². The van der Waals surface area contributed by atoms with Crippen LogP contribution in [0.15, 0.2) is 54.6 Å². The third kappa shape index (κ3) is 2.10. The van der Waals surface area contributed by atoms with Gasteiger partial charge >= 0.3 is 0 Å². The van der Waals surface area contributed by atoms with Gasteiger partial charge in [0, 0.05) is 17.7 Å². The van der Waals surface area contributed by atoms with Crippen LogP contribution in [-0.2, 0) is 6.42 Å². The molecule has 0 fully saturated rings. The molecular formula is C19H12F3N. The van der Waals surface area contributed by atoms with E-state index in [0.717, 1.165) is 5.56 Å². The van der Waals surface area contributed by atoms with Crippen LogP contribution in [0, 0.1) is 17.5 Å². The molecule has 0 bridgehead atoms. The van der Waals surface area contributed by atoms with Gasteiger partial charge in [-0.2, -0.15) is 0 Å². The summed E-state index contributed by atoms with van der Waals surface area (Å²) in [7, 11) is 0. The maximum absolute atomic E-state index is 14.3. The van der Waals surface area contributed by atoms with E-state index in [1.165, 1.54) is 0 Å². The molecule has 0 saturated heterocycles. The Labute approximate surface area is 131 Å². The van der Waals surface area contributed by atoms with Crippen LogP contribution in [0.5, 0.6) is 0 Å². The molecule has 4 rings (SSSR count). The first kappa shape index (κ1) is 13.9. The monoisotopic (exact) mass is 311 g/mol. The van der Waals surface area contributed by atoms with Gasteiger partial charge in [0.15, 0.2) is 17.5 Å². The Morgan fingerprint density at radius 1 is 0.739 bits per heavy atom. The average molecular weight is 311 g/mol. The number of anilines is 2. The normalized spacial score (nSPS) is 12.0. The summed E-state index contributed by atoms with van der Waals surface area (Å²) in [6.45, 7) is 0. The molecule has 0 amide bonds. The maximum Gasteiger partial charge on any atom is 0.197 e. The summed E-state index contributed by atoms with van der Waals surface area (Å²) in [6.07, 6.45) is 0.370. The van der Waals surface area contributed by atoms with E-state index in [9.17, 15) is 13.2 Å². The third-order valence-electron chi connectivity index (χ3n) is 4.13. The van der Waals surface area contributed by atoms with Gasteiger partial charge in [-0.05, 0) is 28.8 Å². The lowest BCUT2D eigenvalue weighted by Crippen LogP contribution is -2.04. The van der Waals surface area contributed by atoms with Crippen LogP contribution in [-0.4, -0.2) is 0 Å². The minimum atomic E-state index is -1.45. The molecule has 0 radical (unpaired) electrons. The summed E-state index contributed by atoms with van der Waals surface area (Å²) >= 11 is 0. The van der Waals surface area contributed by atoms with Crippen molar-refractivity contribution in [1.29, 1.82) is 0 Å². The van der Waals surface area contributed by atoms with E-state index >= 15 is 0 Å². The molecule has 1 aliphatic carbocycles. The molecule has 1 nitrogen and oxygen atoms in total. The van der Waals surface area contributed by atoms with E-state index in [1.807, 2.05) is 18.2 Å². The third-order valence-corrected chi connectivity index (χ3v) is 4.13. The van der Waals surface area contributed by atoms with Crippen LogP contribution >= 0.6 is 0 Å². The van der Waals surface area contributed by atoms with E-state index in [-0.39, 0.29) is 11.3 Å². The Bertz CT molecular complexity index is 904. The largest absolute Gasteiger partial charge is 0.353 e. The van der Waals surface area contributed by atoms with Crippen LogP contribution < -0.4 is 5.32 Å². The van der Waals surface area contributed by atoms with Gasteiger partial charge in [-0.1, -0.05) is 42.5 Å². The van der Waals surface area contributed by atoms with Gasteiger partial charge in [0.25, 0.3) is 0 Å². The number of hydrogen-bond acceptors (Lipinski definition) is 1. The zero-order chi connectivity index (χ0) is 16.0. The second-order valence-electron chi connectivity index (χ2n) is 5.50. The predicted molar refractivity (Wildman–Crippen MR) is 84.3 cm³/mol. The highest BCUT2D eigenvalue weighted by Gasteiger charge is 2.31. The van der Waals surface area contributed by atoms with E-state index in [2.05, 4.69) is 5.32 Å². The Morgan fingerprint density at radius 2 is 1.43 bits per heavy atom. The number of fused-ring (bicyclic) bond motifs is 3. The molecule has 0 aliphatic heterocycles. The molecule has 114 valence electrons. The van der Waals surface area contributed by atoms with Crippen molar-refractivity contribution >= 4 is 11.4 Å². The molecule has 3 aromatic carbocycles. The number of halogens is 3. The Hall–Kier alpha value is -2.75. The zero-order valence-electron chi connectivity index (χ0n) is 12.0. The van der Waals surface area contributed by atoms with E-state index in [0.29, 0.717) is 23.2 Å². The van der Waals surface area contributed by atoms with E-state index in [4.69, 9.17) is 0 Å². The second-order valence-corrected chi connectivity index (χ2v) is 5.50. The van der Waals surface area contributed by atoms with Gasteiger partial charge in [-0.15, -0.1) is 0 Å². The highest BCUT2D eigenvalue weighted by atomic mass is 19.2. The second kappa shape index (κ2) is 5.16. The first-order chi connectivity index (χ1) is 11.2. The van der Waals surface area contributed by atoms with Crippen LogP contribution in [0.25, 0.3) is 11.1 Å². The van der Waals surface area contributed by atoms with E-state index in [1.54, 1.807) is 36.4 Å². The van der Waals surface area contributed by atoms with Gasteiger partial charge in [0.1, 0.15) is 0 Å². The van der Waals surface area contributed by atoms with Crippen LogP contribution in [0.3, 0.4) is 0 Å². The molecule has 23 heavy (non-hydrogen) atoms. The fourth-order valence-electron chi connectivity index (χ4n) is 3.07. The minimum Gasteiger partial charge on any atom is -0.353 e. The van der Waals surface area contributed by atoms with Gasteiger partial charge in [-0.25, -0.2) is 13.2 Å². The smallest absolute Gasteiger partial charge is 0.197 e. The quantitative estimate of drug-likeness (QED) is 0.487. The molecule has 1 aliphatic rings. The Kier molecular flexibility index (Phi) is 3.11. The topological polar surface area (TPSA) is 12.0 Å². The summed E-state index contributed by atoms with van der Waals surface area (Å²) in [6, 6.07) is 16.1. The highest BCUT2D eigenvalue weighted by Crippen LogP contribution is 2.44. The van der Waals surface area contributed by atoms with Crippen molar-refractivity contribution in [1.82, 2.24) is 0 Å². The summed E-state index contributed by atoms with van der Waals surface area (Å²) in [4.78, 5) is 0. The fourth-order valence-corrected chi connectivity index (χ4v) is 3.07. The standard InChI is InChI=1S/C19H12F3N/c20-16-15-13-9-5-4-6-11(13)10-14(15)19(18(22)17(16)21)23-12-7-2-1-3-8-12/h1-9,23H,10H2. The summed E-state index contributed by atoms with van der Waals surface area (Å²) in [5.41, 5.74) is 2.71.